The van der Waals surface area contributed by atoms with E-state index >= 15 is 0 Å². The highest BCUT2D eigenvalue weighted by Gasteiger charge is 2.10. The van der Waals surface area contributed by atoms with Crippen LogP contribution in [0.3, 0.4) is 0 Å². The number of nitrogens with zero attached hydrogens (tertiary/aromatic N) is 1. The average molecular weight is 424 g/mol. The molecule has 0 radical (unpaired) electrons. The number of hydrogen-bond acceptors (Lipinski definition) is 5. The SMILES string of the molecule is CCOc1ccc(OC[C@@H](O)COc2ccc(C(=O)Nn3c(C)ccc3C)cc2)cc1. The summed E-state index contributed by atoms with van der Waals surface area (Å²) in [4.78, 5) is 12.4. The number of ether oxygens (including phenoxy) is 3. The second-order valence-corrected chi connectivity index (χ2v) is 7.10. The van der Waals surface area contributed by atoms with Crippen molar-refractivity contribution in [3.63, 3.8) is 0 Å². The molecule has 0 aliphatic heterocycles. The highest BCUT2D eigenvalue weighted by molar-refractivity contribution is 6.00. The van der Waals surface area contributed by atoms with Crippen molar-refractivity contribution in [3.8, 4) is 17.2 Å². The molecule has 0 bridgehead atoms. The van der Waals surface area contributed by atoms with Crippen LogP contribution in [0.25, 0.3) is 0 Å². The van der Waals surface area contributed by atoms with Gasteiger partial charge in [-0.2, -0.15) is 0 Å². The fourth-order valence-electron chi connectivity index (χ4n) is 2.95. The maximum atomic E-state index is 12.4. The Hall–Kier alpha value is -3.45. The van der Waals surface area contributed by atoms with Gasteiger partial charge in [-0.15, -0.1) is 0 Å². The summed E-state index contributed by atoms with van der Waals surface area (Å²) in [6.45, 7) is 6.56. The number of aryl methyl sites for hydroxylation is 2. The monoisotopic (exact) mass is 424 g/mol. The van der Waals surface area contributed by atoms with Crippen LogP contribution in [0.5, 0.6) is 17.2 Å². The number of aromatic nitrogens is 1. The standard InChI is InChI=1S/C24H28N2O5/c1-4-29-21-11-13-23(14-12-21)31-16-20(27)15-30-22-9-7-19(8-10-22)24(28)25-26-17(2)5-6-18(26)3/h5-14,20,27H,4,15-16H2,1-3H3,(H,25,28)/t20-/m0/s1. The molecule has 164 valence electrons. The van der Waals surface area contributed by atoms with Crippen molar-refractivity contribution in [3.05, 3.63) is 77.6 Å². The van der Waals surface area contributed by atoms with E-state index < -0.39 is 6.10 Å². The summed E-state index contributed by atoms with van der Waals surface area (Å²) in [7, 11) is 0. The second kappa shape index (κ2) is 10.5. The third kappa shape index (κ3) is 6.26. The fourth-order valence-corrected chi connectivity index (χ4v) is 2.95. The molecule has 0 aliphatic rings. The van der Waals surface area contributed by atoms with Crippen LogP contribution >= 0.6 is 0 Å². The lowest BCUT2D eigenvalue weighted by molar-refractivity contribution is 0.0626. The number of benzene rings is 2. The summed E-state index contributed by atoms with van der Waals surface area (Å²) >= 11 is 0. The Morgan fingerprint density at radius 1 is 0.839 bits per heavy atom. The normalized spacial score (nSPS) is 11.6. The van der Waals surface area contributed by atoms with Gasteiger partial charge in [0.1, 0.15) is 36.6 Å². The van der Waals surface area contributed by atoms with Gasteiger partial charge in [0.2, 0.25) is 0 Å². The van der Waals surface area contributed by atoms with E-state index in [9.17, 15) is 9.90 Å². The van der Waals surface area contributed by atoms with Gasteiger partial charge in [-0.25, -0.2) is 0 Å². The fraction of sp³-hybridized carbons (Fsp3) is 0.292. The third-order valence-electron chi connectivity index (χ3n) is 4.62. The molecule has 2 aromatic carbocycles. The highest BCUT2D eigenvalue weighted by atomic mass is 16.5. The van der Waals surface area contributed by atoms with Crippen LogP contribution < -0.4 is 19.6 Å². The highest BCUT2D eigenvalue weighted by Crippen LogP contribution is 2.18. The number of nitrogens with one attached hydrogen (secondary N) is 1. The molecular weight excluding hydrogens is 396 g/mol. The predicted octanol–water partition coefficient (Wildman–Crippen LogP) is 3.71. The minimum absolute atomic E-state index is 0.0737. The summed E-state index contributed by atoms with van der Waals surface area (Å²) in [5.74, 6) is 1.77. The van der Waals surface area contributed by atoms with E-state index in [0.29, 0.717) is 23.7 Å². The van der Waals surface area contributed by atoms with E-state index in [2.05, 4.69) is 5.43 Å². The zero-order valence-electron chi connectivity index (χ0n) is 18.0. The van der Waals surface area contributed by atoms with E-state index in [1.165, 1.54) is 0 Å². The van der Waals surface area contributed by atoms with Crippen molar-refractivity contribution in [1.82, 2.24) is 4.68 Å². The molecule has 0 spiro atoms. The van der Waals surface area contributed by atoms with Gasteiger partial charge < -0.3 is 19.3 Å². The molecule has 0 fully saturated rings. The summed E-state index contributed by atoms with van der Waals surface area (Å²) in [5, 5.41) is 10.1. The molecule has 7 heteroatoms. The molecule has 3 aromatic rings. The number of rotatable bonds is 10. The van der Waals surface area contributed by atoms with Crippen molar-refractivity contribution >= 4 is 5.91 Å². The van der Waals surface area contributed by atoms with Crippen molar-refractivity contribution in [2.75, 3.05) is 25.2 Å². The van der Waals surface area contributed by atoms with E-state index in [4.69, 9.17) is 14.2 Å². The molecule has 3 rings (SSSR count). The van der Waals surface area contributed by atoms with Gasteiger partial charge in [0.25, 0.3) is 5.91 Å². The minimum Gasteiger partial charge on any atom is -0.494 e. The van der Waals surface area contributed by atoms with Crippen molar-refractivity contribution in [1.29, 1.82) is 0 Å². The Morgan fingerprint density at radius 3 is 1.77 bits per heavy atom. The van der Waals surface area contributed by atoms with Gasteiger partial charge in [0.05, 0.1) is 6.61 Å². The molecule has 1 atom stereocenters. The largest absolute Gasteiger partial charge is 0.494 e. The Morgan fingerprint density at radius 2 is 1.29 bits per heavy atom. The zero-order valence-corrected chi connectivity index (χ0v) is 18.0. The van der Waals surface area contributed by atoms with Gasteiger partial charge in [0.15, 0.2) is 0 Å². The molecule has 31 heavy (non-hydrogen) atoms. The van der Waals surface area contributed by atoms with E-state index in [-0.39, 0.29) is 19.1 Å². The van der Waals surface area contributed by atoms with Crippen LogP contribution in [0.1, 0.15) is 28.7 Å². The van der Waals surface area contributed by atoms with Crippen LogP contribution in [0, 0.1) is 13.8 Å². The summed E-state index contributed by atoms with van der Waals surface area (Å²) < 4.78 is 18.3. The number of amides is 1. The van der Waals surface area contributed by atoms with Gasteiger partial charge in [-0.3, -0.25) is 14.9 Å². The maximum absolute atomic E-state index is 12.4. The second-order valence-electron chi connectivity index (χ2n) is 7.10. The lowest BCUT2D eigenvalue weighted by Crippen LogP contribution is -2.25. The molecule has 7 nitrogen and oxygen atoms in total. The first-order chi connectivity index (χ1) is 15.0. The maximum Gasteiger partial charge on any atom is 0.270 e. The quantitative estimate of drug-likeness (QED) is 0.519. The number of carbonyl (C=O) groups excluding carboxylic acids is 1. The Kier molecular flexibility index (Phi) is 7.56. The molecule has 2 N–H and O–H groups in total. The van der Waals surface area contributed by atoms with Crippen LogP contribution in [0.2, 0.25) is 0 Å². The summed E-state index contributed by atoms with van der Waals surface area (Å²) in [6.07, 6.45) is -0.797. The predicted molar refractivity (Wildman–Crippen MR) is 119 cm³/mol. The molecule has 1 aromatic heterocycles. The number of carbonyl (C=O) groups is 1. The Bertz CT molecular complexity index is 961. The Balaban J connectivity index is 1.44. The minimum atomic E-state index is -0.797. The molecule has 0 unspecified atom stereocenters. The van der Waals surface area contributed by atoms with Gasteiger partial charge in [-0.1, -0.05) is 0 Å². The van der Waals surface area contributed by atoms with Crippen LogP contribution in [-0.2, 0) is 0 Å². The first-order valence-electron chi connectivity index (χ1n) is 10.2. The van der Waals surface area contributed by atoms with E-state index in [1.54, 1.807) is 41.1 Å². The van der Waals surface area contributed by atoms with Gasteiger partial charge in [0, 0.05) is 17.0 Å². The lowest BCUT2D eigenvalue weighted by Gasteiger charge is -2.14. The number of hydrogen-bond donors (Lipinski definition) is 2. The van der Waals surface area contributed by atoms with Gasteiger partial charge in [-0.05, 0) is 81.4 Å². The van der Waals surface area contributed by atoms with Gasteiger partial charge >= 0.3 is 0 Å². The molecule has 0 saturated carbocycles. The topological polar surface area (TPSA) is 82.0 Å². The van der Waals surface area contributed by atoms with Crippen molar-refractivity contribution in [2.24, 2.45) is 0 Å². The van der Waals surface area contributed by atoms with Crippen molar-refractivity contribution < 1.29 is 24.1 Å². The summed E-state index contributed by atoms with van der Waals surface area (Å²) in [6, 6.07) is 17.9. The van der Waals surface area contributed by atoms with Crippen LogP contribution in [0.15, 0.2) is 60.7 Å². The van der Waals surface area contributed by atoms with E-state index in [0.717, 1.165) is 17.1 Å². The van der Waals surface area contributed by atoms with Crippen LogP contribution in [0.4, 0.5) is 0 Å². The molecule has 0 aliphatic carbocycles. The summed E-state index contributed by atoms with van der Waals surface area (Å²) in [5.41, 5.74) is 5.28. The van der Waals surface area contributed by atoms with E-state index in [1.807, 2.05) is 45.0 Å². The first-order valence-corrected chi connectivity index (χ1v) is 10.2. The van der Waals surface area contributed by atoms with Crippen molar-refractivity contribution in [2.45, 2.75) is 26.9 Å². The Labute approximate surface area is 182 Å². The average Bonchev–Trinajstić information content (AvgIpc) is 3.09. The number of aliphatic hydroxyl groups excluding tert-OH is 1. The third-order valence-corrected chi connectivity index (χ3v) is 4.62. The lowest BCUT2D eigenvalue weighted by atomic mass is 10.2. The first kappa shape index (κ1) is 22.2. The molecular formula is C24H28N2O5. The smallest absolute Gasteiger partial charge is 0.270 e. The number of aliphatic hydroxyl groups is 1. The zero-order chi connectivity index (χ0) is 22.2. The van der Waals surface area contributed by atoms with Crippen LogP contribution in [-0.4, -0.2) is 41.6 Å². The molecule has 1 heterocycles. The molecule has 0 saturated heterocycles. The molecule has 1 amide bonds.